The van der Waals surface area contributed by atoms with Gasteiger partial charge in [0.1, 0.15) is 0 Å². The highest BCUT2D eigenvalue weighted by atomic mass is 79.9. The summed E-state index contributed by atoms with van der Waals surface area (Å²) in [7, 11) is 2.47. The summed E-state index contributed by atoms with van der Waals surface area (Å²) in [5.41, 5.74) is 1.43. The van der Waals surface area contributed by atoms with E-state index in [9.17, 15) is 9.59 Å². The Morgan fingerprint density at radius 1 is 1.04 bits per heavy atom. The van der Waals surface area contributed by atoms with E-state index in [2.05, 4.69) is 21.2 Å². The minimum Gasteiger partial charge on any atom is -0.468 e. The molecule has 0 heterocycles. The van der Waals surface area contributed by atoms with Gasteiger partial charge in [-0.2, -0.15) is 0 Å². The Morgan fingerprint density at radius 3 is 2.16 bits per heavy atom. The molecule has 1 unspecified atom stereocenters. The molecule has 5 nitrogen and oxygen atoms in total. The third-order valence-corrected chi connectivity index (χ3v) is 4.36. The number of hydrogen-bond donors (Lipinski definition) is 1. The van der Waals surface area contributed by atoms with Gasteiger partial charge in [-0.15, -0.1) is 0 Å². The fourth-order valence-electron chi connectivity index (χ4n) is 2.41. The highest BCUT2D eigenvalue weighted by molar-refractivity contribution is 9.10. The van der Waals surface area contributed by atoms with Crippen LogP contribution in [0.3, 0.4) is 0 Å². The van der Waals surface area contributed by atoms with Crippen LogP contribution in [-0.2, 0) is 19.1 Å². The number of carbonyl (C=O) groups is 2. The Bertz CT molecular complexity index is 735. The number of halogens is 2. The van der Waals surface area contributed by atoms with Crippen LogP contribution >= 0.6 is 27.5 Å². The van der Waals surface area contributed by atoms with Gasteiger partial charge in [-0.25, -0.2) is 0 Å². The van der Waals surface area contributed by atoms with Crippen molar-refractivity contribution < 1.29 is 19.1 Å². The summed E-state index contributed by atoms with van der Waals surface area (Å²) in [6.45, 7) is 0. The molecule has 0 saturated carbocycles. The number of hydrogen-bond acceptors (Lipinski definition) is 5. The first-order valence-corrected chi connectivity index (χ1v) is 8.56. The van der Waals surface area contributed by atoms with Gasteiger partial charge >= 0.3 is 11.9 Å². The van der Waals surface area contributed by atoms with E-state index in [0.717, 1.165) is 10.0 Å². The summed E-state index contributed by atoms with van der Waals surface area (Å²) < 4.78 is 10.4. The zero-order valence-electron chi connectivity index (χ0n) is 13.7. The van der Waals surface area contributed by atoms with Crippen molar-refractivity contribution in [2.24, 2.45) is 5.92 Å². The van der Waals surface area contributed by atoms with Gasteiger partial charge in [0.05, 0.1) is 20.3 Å². The van der Waals surface area contributed by atoms with Crippen molar-refractivity contribution in [2.45, 2.75) is 6.04 Å². The van der Waals surface area contributed by atoms with Crippen molar-refractivity contribution in [1.29, 1.82) is 0 Å². The molecule has 2 aromatic carbocycles. The molecule has 2 rings (SSSR count). The Balaban J connectivity index is 2.47. The Labute approximate surface area is 159 Å². The van der Waals surface area contributed by atoms with Crippen molar-refractivity contribution in [3.8, 4) is 0 Å². The lowest BCUT2D eigenvalue weighted by molar-refractivity contribution is -0.159. The van der Waals surface area contributed by atoms with Gasteiger partial charge in [-0.1, -0.05) is 39.7 Å². The molecule has 0 aliphatic carbocycles. The first-order valence-electron chi connectivity index (χ1n) is 7.39. The largest absolute Gasteiger partial charge is 0.468 e. The van der Waals surface area contributed by atoms with E-state index >= 15 is 0 Å². The third kappa shape index (κ3) is 4.96. The van der Waals surface area contributed by atoms with Crippen LogP contribution in [0.4, 0.5) is 5.69 Å². The number of ether oxygens (including phenoxy) is 2. The lowest BCUT2D eigenvalue weighted by Gasteiger charge is -2.26. The molecule has 25 heavy (non-hydrogen) atoms. The third-order valence-electron chi connectivity index (χ3n) is 3.62. The molecule has 1 N–H and O–H groups in total. The smallest absolute Gasteiger partial charge is 0.322 e. The molecule has 0 saturated heterocycles. The van der Waals surface area contributed by atoms with Crippen LogP contribution < -0.4 is 5.32 Å². The fourth-order valence-corrected chi connectivity index (χ4v) is 2.95. The van der Waals surface area contributed by atoms with Crippen molar-refractivity contribution in [3.05, 3.63) is 63.6 Å². The van der Waals surface area contributed by atoms with E-state index in [4.69, 9.17) is 21.1 Å². The highest BCUT2D eigenvalue weighted by Gasteiger charge is 2.38. The Morgan fingerprint density at radius 2 is 1.64 bits per heavy atom. The average molecular weight is 427 g/mol. The molecule has 0 aliphatic rings. The van der Waals surface area contributed by atoms with Crippen LogP contribution in [0, 0.1) is 5.92 Å². The minimum atomic E-state index is -1.17. The second-order valence-electron chi connectivity index (χ2n) is 5.21. The monoisotopic (exact) mass is 425 g/mol. The highest BCUT2D eigenvalue weighted by Crippen LogP contribution is 2.31. The molecule has 0 bridgehead atoms. The van der Waals surface area contributed by atoms with E-state index in [1.165, 1.54) is 14.2 Å². The van der Waals surface area contributed by atoms with Gasteiger partial charge in [0, 0.05) is 15.2 Å². The van der Waals surface area contributed by atoms with E-state index in [-0.39, 0.29) is 0 Å². The Kier molecular flexibility index (Phi) is 6.84. The molecule has 1 atom stereocenters. The van der Waals surface area contributed by atoms with Gasteiger partial charge in [-0.05, 0) is 42.0 Å². The quantitative estimate of drug-likeness (QED) is 0.553. The molecule has 0 fully saturated rings. The summed E-state index contributed by atoms with van der Waals surface area (Å²) in [5, 5.41) is 3.78. The normalized spacial score (nSPS) is 11.7. The number of methoxy groups -OCH3 is 2. The predicted molar refractivity (Wildman–Crippen MR) is 99.5 cm³/mol. The van der Waals surface area contributed by atoms with Crippen LogP contribution in [0.5, 0.6) is 0 Å². The van der Waals surface area contributed by atoms with Crippen LogP contribution in [0.25, 0.3) is 0 Å². The summed E-state index contributed by atoms with van der Waals surface area (Å²) >= 11 is 9.32. The average Bonchev–Trinajstić information content (AvgIpc) is 2.62. The molecule has 0 radical (unpaired) electrons. The molecule has 2 aromatic rings. The van der Waals surface area contributed by atoms with Gasteiger partial charge in [0.25, 0.3) is 0 Å². The zero-order valence-corrected chi connectivity index (χ0v) is 16.0. The standard InChI is InChI=1S/C18H17BrClNO4/c1-24-17(22)15(18(23)25-2)16(11-4-3-5-12(19)10-11)21-14-8-6-13(20)7-9-14/h3-10,15-16,21H,1-2H3. The predicted octanol–water partition coefficient (Wildman–Crippen LogP) is 4.22. The van der Waals surface area contributed by atoms with Gasteiger partial charge in [0.15, 0.2) is 5.92 Å². The Hall–Kier alpha value is -2.05. The summed E-state index contributed by atoms with van der Waals surface area (Å²) in [5.74, 6) is -2.53. The van der Waals surface area contributed by atoms with E-state index in [0.29, 0.717) is 10.7 Å². The molecular weight excluding hydrogens is 410 g/mol. The van der Waals surface area contributed by atoms with Crippen LogP contribution in [0.15, 0.2) is 53.0 Å². The number of benzene rings is 2. The zero-order chi connectivity index (χ0) is 18.4. The maximum Gasteiger partial charge on any atom is 0.322 e. The number of esters is 2. The maximum atomic E-state index is 12.3. The second kappa shape index (κ2) is 8.87. The molecule has 0 aromatic heterocycles. The summed E-state index contributed by atoms with van der Waals surface area (Å²) in [6, 6.07) is 13.6. The van der Waals surface area contributed by atoms with E-state index in [1.54, 1.807) is 24.3 Å². The van der Waals surface area contributed by atoms with Gasteiger partial charge in [-0.3, -0.25) is 9.59 Å². The van der Waals surface area contributed by atoms with Crippen molar-refractivity contribution >= 4 is 45.2 Å². The summed E-state index contributed by atoms with van der Waals surface area (Å²) in [4.78, 5) is 24.5. The SMILES string of the molecule is COC(=O)C(C(=O)OC)C(Nc1ccc(Cl)cc1)c1cccc(Br)c1. The van der Waals surface area contributed by atoms with E-state index in [1.807, 2.05) is 24.3 Å². The van der Waals surface area contributed by atoms with Gasteiger partial charge in [0.2, 0.25) is 0 Å². The molecular formula is C18H17BrClNO4. The fraction of sp³-hybridized carbons (Fsp3) is 0.222. The minimum absolute atomic E-state index is 0.585. The molecule has 132 valence electrons. The van der Waals surface area contributed by atoms with Gasteiger partial charge < -0.3 is 14.8 Å². The second-order valence-corrected chi connectivity index (χ2v) is 6.56. The lowest BCUT2D eigenvalue weighted by Crippen LogP contribution is -2.35. The molecule has 7 heteroatoms. The first-order chi connectivity index (χ1) is 12.0. The molecule has 0 aliphatic heterocycles. The number of nitrogens with one attached hydrogen (secondary N) is 1. The van der Waals surface area contributed by atoms with Crippen LogP contribution in [0.1, 0.15) is 11.6 Å². The van der Waals surface area contributed by atoms with Crippen molar-refractivity contribution in [2.75, 3.05) is 19.5 Å². The van der Waals surface area contributed by atoms with Crippen molar-refractivity contribution in [1.82, 2.24) is 0 Å². The van der Waals surface area contributed by atoms with Crippen LogP contribution in [0.2, 0.25) is 5.02 Å². The van der Waals surface area contributed by atoms with E-state index < -0.39 is 23.9 Å². The number of rotatable bonds is 6. The molecule has 0 amide bonds. The maximum absolute atomic E-state index is 12.3. The first kappa shape index (κ1) is 19.3. The van der Waals surface area contributed by atoms with Crippen LogP contribution in [-0.4, -0.2) is 26.2 Å². The molecule has 0 spiro atoms. The lowest BCUT2D eigenvalue weighted by atomic mass is 9.92. The number of anilines is 1. The van der Waals surface area contributed by atoms with Crippen molar-refractivity contribution in [3.63, 3.8) is 0 Å². The number of carbonyl (C=O) groups excluding carboxylic acids is 2. The summed E-state index contributed by atoms with van der Waals surface area (Å²) in [6.07, 6.45) is 0. The topological polar surface area (TPSA) is 64.6 Å².